The van der Waals surface area contributed by atoms with Gasteiger partial charge in [-0.1, -0.05) is 18.5 Å². The first-order valence-electron chi connectivity index (χ1n) is 6.12. The summed E-state index contributed by atoms with van der Waals surface area (Å²) in [6.45, 7) is 3.32. The van der Waals surface area contributed by atoms with Crippen LogP contribution in [0, 0.1) is 0 Å². The molecule has 0 saturated heterocycles. The molecule has 0 aliphatic carbocycles. The molecular formula is C13H20Cl2N2O3. The summed E-state index contributed by atoms with van der Waals surface area (Å²) in [5.41, 5.74) is 5.75. The van der Waals surface area contributed by atoms with E-state index in [0.717, 1.165) is 6.42 Å². The molecule has 0 aromatic heterocycles. The Morgan fingerprint density at radius 1 is 1.45 bits per heavy atom. The van der Waals surface area contributed by atoms with Crippen molar-refractivity contribution in [1.82, 2.24) is 5.32 Å². The fraction of sp³-hybridized carbons (Fsp3) is 0.462. The molecule has 3 N–H and O–H groups in total. The molecule has 1 aromatic rings. The Labute approximate surface area is 130 Å². The van der Waals surface area contributed by atoms with Gasteiger partial charge < -0.3 is 20.5 Å². The lowest BCUT2D eigenvalue weighted by atomic mass is 10.2. The van der Waals surface area contributed by atoms with E-state index in [0.29, 0.717) is 41.8 Å². The SMILES string of the molecule is CCCOc1c(Cl)cc(C(=O)NCCN)cc1OC.Cl. The van der Waals surface area contributed by atoms with Gasteiger partial charge in [0.2, 0.25) is 0 Å². The Bertz CT molecular complexity index is 442. The van der Waals surface area contributed by atoms with E-state index < -0.39 is 0 Å². The number of amides is 1. The first-order valence-corrected chi connectivity index (χ1v) is 6.50. The number of carbonyl (C=O) groups is 1. The summed E-state index contributed by atoms with van der Waals surface area (Å²) in [6.07, 6.45) is 0.859. The lowest BCUT2D eigenvalue weighted by Crippen LogP contribution is -2.29. The lowest BCUT2D eigenvalue weighted by molar-refractivity contribution is 0.0954. The van der Waals surface area contributed by atoms with Gasteiger partial charge in [-0.05, 0) is 18.6 Å². The molecule has 0 aliphatic rings. The number of methoxy groups -OCH3 is 1. The maximum Gasteiger partial charge on any atom is 0.251 e. The summed E-state index contributed by atoms with van der Waals surface area (Å²) in [6, 6.07) is 3.16. The highest BCUT2D eigenvalue weighted by Crippen LogP contribution is 2.36. The summed E-state index contributed by atoms with van der Waals surface area (Å²) >= 11 is 6.12. The van der Waals surface area contributed by atoms with Gasteiger partial charge in [0, 0.05) is 18.7 Å². The van der Waals surface area contributed by atoms with Crippen LogP contribution in [-0.4, -0.2) is 32.7 Å². The number of ether oxygens (including phenoxy) is 2. The van der Waals surface area contributed by atoms with Crippen LogP contribution in [0.3, 0.4) is 0 Å². The van der Waals surface area contributed by atoms with Gasteiger partial charge in [0.25, 0.3) is 5.91 Å². The van der Waals surface area contributed by atoms with Gasteiger partial charge >= 0.3 is 0 Å². The number of nitrogens with two attached hydrogens (primary N) is 1. The zero-order valence-electron chi connectivity index (χ0n) is 11.6. The zero-order chi connectivity index (χ0) is 14.3. The molecule has 1 amide bonds. The number of hydrogen-bond acceptors (Lipinski definition) is 4. The Hall–Kier alpha value is -1.17. The van der Waals surface area contributed by atoms with Crippen molar-refractivity contribution >= 4 is 29.9 Å². The van der Waals surface area contributed by atoms with Crippen LogP contribution in [0.4, 0.5) is 0 Å². The van der Waals surface area contributed by atoms with Gasteiger partial charge in [-0.2, -0.15) is 0 Å². The lowest BCUT2D eigenvalue weighted by Gasteiger charge is -2.13. The van der Waals surface area contributed by atoms with Crippen molar-refractivity contribution in [1.29, 1.82) is 0 Å². The van der Waals surface area contributed by atoms with Gasteiger partial charge in [0.05, 0.1) is 18.7 Å². The molecule has 0 atom stereocenters. The Morgan fingerprint density at radius 2 is 2.15 bits per heavy atom. The fourth-order valence-corrected chi connectivity index (χ4v) is 1.75. The second kappa shape index (κ2) is 9.69. The van der Waals surface area contributed by atoms with Crippen molar-refractivity contribution in [2.45, 2.75) is 13.3 Å². The average Bonchev–Trinajstić information content (AvgIpc) is 2.42. The van der Waals surface area contributed by atoms with Crippen LogP contribution in [-0.2, 0) is 0 Å². The molecule has 1 rings (SSSR count). The van der Waals surface area contributed by atoms with Crippen LogP contribution in [0.25, 0.3) is 0 Å². The molecule has 7 heteroatoms. The summed E-state index contributed by atoms with van der Waals surface area (Å²) in [4.78, 5) is 11.8. The Balaban J connectivity index is 0.00000361. The smallest absolute Gasteiger partial charge is 0.251 e. The van der Waals surface area contributed by atoms with Gasteiger partial charge in [-0.15, -0.1) is 12.4 Å². The minimum absolute atomic E-state index is 0. The third-order valence-corrected chi connectivity index (χ3v) is 2.65. The number of halogens is 2. The van der Waals surface area contributed by atoms with Crippen molar-refractivity contribution in [3.05, 3.63) is 22.7 Å². The fourth-order valence-electron chi connectivity index (χ4n) is 1.48. The summed E-state index contributed by atoms with van der Waals surface area (Å²) in [5, 5.41) is 3.02. The van der Waals surface area contributed by atoms with Gasteiger partial charge in [0.15, 0.2) is 11.5 Å². The third-order valence-electron chi connectivity index (χ3n) is 2.37. The maximum absolute atomic E-state index is 11.8. The van der Waals surface area contributed by atoms with Gasteiger partial charge in [-0.25, -0.2) is 0 Å². The number of rotatable bonds is 7. The number of hydrogen-bond donors (Lipinski definition) is 2. The van der Waals surface area contributed by atoms with Crippen LogP contribution < -0.4 is 20.5 Å². The van der Waals surface area contributed by atoms with E-state index in [4.69, 9.17) is 26.8 Å². The number of carbonyl (C=O) groups excluding carboxylic acids is 1. The van der Waals surface area contributed by atoms with E-state index in [9.17, 15) is 4.79 Å². The summed E-state index contributed by atoms with van der Waals surface area (Å²) in [5.74, 6) is 0.660. The standard InChI is InChI=1S/C13H19ClN2O3.ClH/c1-3-6-19-12-10(14)7-9(8-11(12)18-2)13(17)16-5-4-15;/h7-8H,3-6,15H2,1-2H3,(H,16,17);1H. The molecule has 0 fully saturated rings. The van der Waals surface area contributed by atoms with E-state index in [1.807, 2.05) is 6.92 Å². The maximum atomic E-state index is 11.8. The van der Waals surface area contributed by atoms with Crippen LogP contribution in [0.5, 0.6) is 11.5 Å². The zero-order valence-corrected chi connectivity index (χ0v) is 13.1. The van der Waals surface area contributed by atoms with Crippen LogP contribution >= 0.6 is 24.0 Å². The monoisotopic (exact) mass is 322 g/mol. The average molecular weight is 323 g/mol. The van der Waals surface area contributed by atoms with Gasteiger partial charge in [-0.3, -0.25) is 4.79 Å². The van der Waals surface area contributed by atoms with E-state index in [1.54, 1.807) is 12.1 Å². The largest absolute Gasteiger partial charge is 0.493 e. The van der Waals surface area contributed by atoms with Crippen molar-refractivity contribution < 1.29 is 14.3 Å². The molecular weight excluding hydrogens is 303 g/mol. The first kappa shape index (κ1) is 18.8. The first-order chi connectivity index (χ1) is 9.13. The van der Waals surface area contributed by atoms with E-state index in [-0.39, 0.29) is 18.3 Å². The van der Waals surface area contributed by atoms with Crippen LogP contribution in [0.15, 0.2) is 12.1 Å². The summed E-state index contributed by atoms with van der Waals surface area (Å²) in [7, 11) is 1.51. The highest BCUT2D eigenvalue weighted by atomic mass is 35.5. The topological polar surface area (TPSA) is 73.6 Å². The second-order valence-electron chi connectivity index (χ2n) is 3.88. The predicted molar refractivity (Wildman–Crippen MR) is 82.4 cm³/mol. The Kier molecular flexibility index (Phi) is 9.12. The molecule has 0 bridgehead atoms. The molecule has 20 heavy (non-hydrogen) atoms. The van der Waals surface area contributed by atoms with Gasteiger partial charge in [0.1, 0.15) is 0 Å². The molecule has 0 radical (unpaired) electrons. The van der Waals surface area contributed by atoms with Crippen molar-refractivity contribution in [3.63, 3.8) is 0 Å². The highest BCUT2D eigenvalue weighted by molar-refractivity contribution is 6.32. The van der Waals surface area contributed by atoms with Crippen molar-refractivity contribution in [2.75, 3.05) is 26.8 Å². The molecule has 0 unspecified atom stereocenters. The second-order valence-corrected chi connectivity index (χ2v) is 4.29. The number of nitrogens with one attached hydrogen (secondary N) is 1. The summed E-state index contributed by atoms with van der Waals surface area (Å²) < 4.78 is 10.7. The molecule has 5 nitrogen and oxygen atoms in total. The highest BCUT2D eigenvalue weighted by Gasteiger charge is 2.15. The quantitative estimate of drug-likeness (QED) is 0.807. The molecule has 1 aromatic carbocycles. The minimum Gasteiger partial charge on any atom is -0.493 e. The molecule has 0 spiro atoms. The van der Waals surface area contributed by atoms with E-state index >= 15 is 0 Å². The molecule has 114 valence electrons. The van der Waals surface area contributed by atoms with Crippen molar-refractivity contribution in [2.24, 2.45) is 5.73 Å². The molecule has 0 saturated carbocycles. The molecule has 0 heterocycles. The normalized spacial score (nSPS) is 9.60. The van der Waals surface area contributed by atoms with Crippen molar-refractivity contribution in [3.8, 4) is 11.5 Å². The van der Waals surface area contributed by atoms with E-state index in [2.05, 4.69) is 5.32 Å². The third kappa shape index (κ3) is 5.07. The van der Waals surface area contributed by atoms with E-state index in [1.165, 1.54) is 7.11 Å². The van der Waals surface area contributed by atoms with Crippen LogP contribution in [0.2, 0.25) is 5.02 Å². The predicted octanol–water partition coefficient (Wildman–Crippen LogP) is 2.25. The molecule has 0 aliphatic heterocycles. The minimum atomic E-state index is -0.243. The van der Waals surface area contributed by atoms with Crippen LogP contribution in [0.1, 0.15) is 23.7 Å². The number of benzene rings is 1. The Morgan fingerprint density at radius 3 is 2.70 bits per heavy atom.